The van der Waals surface area contributed by atoms with E-state index in [0.717, 1.165) is 53.9 Å². The van der Waals surface area contributed by atoms with Gasteiger partial charge in [0.05, 0.1) is 11.8 Å². The maximum Gasteiger partial charge on any atom is 0.257 e. The monoisotopic (exact) mass is 333 g/mol. The van der Waals surface area contributed by atoms with E-state index in [4.69, 9.17) is 9.40 Å². The third-order valence-electron chi connectivity index (χ3n) is 5.25. The fourth-order valence-corrected chi connectivity index (χ4v) is 3.71. The van der Waals surface area contributed by atoms with Gasteiger partial charge < -0.3 is 9.32 Å². The molecule has 1 aliphatic carbocycles. The number of aromatic nitrogens is 2. The van der Waals surface area contributed by atoms with Crippen LogP contribution in [0, 0.1) is 0 Å². The van der Waals surface area contributed by atoms with Gasteiger partial charge in [-0.25, -0.2) is 9.97 Å². The van der Waals surface area contributed by atoms with Crippen molar-refractivity contribution in [1.82, 2.24) is 14.9 Å². The Morgan fingerprint density at radius 3 is 2.92 bits per heavy atom. The number of furan rings is 1. The van der Waals surface area contributed by atoms with Crippen molar-refractivity contribution in [2.75, 3.05) is 13.1 Å². The molecule has 1 amide bonds. The van der Waals surface area contributed by atoms with Gasteiger partial charge in [-0.2, -0.15) is 0 Å². The summed E-state index contributed by atoms with van der Waals surface area (Å²) in [7, 11) is 0. The molecule has 126 valence electrons. The topological polar surface area (TPSA) is 59.2 Å². The van der Waals surface area contributed by atoms with E-state index in [2.05, 4.69) is 17.1 Å². The van der Waals surface area contributed by atoms with Crippen LogP contribution >= 0.6 is 0 Å². The Morgan fingerprint density at radius 2 is 2.04 bits per heavy atom. The van der Waals surface area contributed by atoms with Gasteiger partial charge in [0, 0.05) is 42.2 Å². The van der Waals surface area contributed by atoms with Crippen LogP contribution in [0.5, 0.6) is 0 Å². The molecular weight excluding hydrogens is 314 g/mol. The summed E-state index contributed by atoms with van der Waals surface area (Å²) in [6.45, 7) is 1.47. The summed E-state index contributed by atoms with van der Waals surface area (Å²) in [5.74, 6) is 1.69. The smallest absolute Gasteiger partial charge is 0.257 e. The van der Waals surface area contributed by atoms with Crippen molar-refractivity contribution in [1.29, 1.82) is 0 Å². The summed E-state index contributed by atoms with van der Waals surface area (Å²) in [5, 5.41) is 1.05. The number of hydrogen-bond acceptors (Lipinski definition) is 4. The van der Waals surface area contributed by atoms with E-state index in [0.29, 0.717) is 12.5 Å². The zero-order chi connectivity index (χ0) is 16.8. The third kappa shape index (κ3) is 2.60. The van der Waals surface area contributed by atoms with Crippen LogP contribution in [0.3, 0.4) is 0 Å². The zero-order valence-electron chi connectivity index (χ0n) is 13.9. The molecule has 2 fully saturated rings. The fraction of sp³-hybridized carbons (Fsp3) is 0.350. The second kappa shape index (κ2) is 5.69. The van der Waals surface area contributed by atoms with Gasteiger partial charge in [0.2, 0.25) is 0 Å². The molecule has 3 aromatic heterocycles. The first-order valence-electron chi connectivity index (χ1n) is 8.88. The predicted octanol–water partition coefficient (Wildman–Crippen LogP) is 3.73. The molecule has 3 aromatic rings. The maximum atomic E-state index is 12.9. The number of fused-ring (bicyclic) bond motifs is 1. The fourth-order valence-electron chi connectivity index (χ4n) is 3.71. The van der Waals surface area contributed by atoms with Crippen LogP contribution in [0.15, 0.2) is 47.2 Å². The van der Waals surface area contributed by atoms with Crippen molar-refractivity contribution in [3.05, 3.63) is 59.8 Å². The first kappa shape index (κ1) is 14.6. The molecule has 0 N–H and O–H groups in total. The zero-order valence-corrected chi connectivity index (χ0v) is 13.9. The van der Waals surface area contributed by atoms with Crippen LogP contribution in [0.1, 0.15) is 52.9 Å². The lowest BCUT2D eigenvalue weighted by atomic mass is 10.0. The van der Waals surface area contributed by atoms with Crippen molar-refractivity contribution in [2.45, 2.75) is 31.1 Å². The Hall–Kier alpha value is -2.69. The van der Waals surface area contributed by atoms with E-state index < -0.39 is 0 Å². The number of carbonyl (C=O) groups is 1. The molecule has 5 rings (SSSR count). The lowest BCUT2D eigenvalue weighted by Gasteiger charge is -2.16. The highest BCUT2D eigenvalue weighted by atomic mass is 16.3. The molecule has 0 bridgehead atoms. The van der Waals surface area contributed by atoms with Gasteiger partial charge in [0.25, 0.3) is 5.91 Å². The van der Waals surface area contributed by atoms with Crippen LogP contribution in [0.4, 0.5) is 0 Å². The van der Waals surface area contributed by atoms with Crippen LogP contribution in [0.2, 0.25) is 0 Å². The molecule has 4 heterocycles. The Bertz CT molecular complexity index is 945. The van der Waals surface area contributed by atoms with E-state index in [1.165, 1.54) is 0 Å². The summed E-state index contributed by atoms with van der Waals surface area (Å²) >= 11 is 0. The van der Waals surface area contributed by atoms with Crippen LogP contribution in [-0.2, 0) is 0 Å². The molecular formula is C20H19N3O2. The summed E-state index contributed by atoms with van der Waals surface area (Å²) in [6.07, 6.45) is 6.61. The average molecular weight is 333 g/mol. The van der Waals surface area contributed by atoms with E-state index >= 15 is 0 Å². The van der Waals surface area contributed by atoms with Crippen molar-refractivity contribution in [3.63, 3.8) is 0 Å². The van der Waals surface area contributed by atoms with Crippen molar-refractivity contribution in [2.24, 2.45) is 0 Å². The highest BCUT2D eigenvalue weighted by Gasteiger charge is 2.35. The van der Waals surface area contributed by atoms with Crippen LogP contribution < -0.4 is 0 Å². The van der Waals surface area contributed by atoms with E-state index in [1.807, 2.05) is 23.1 Å². The van der Waals surface area contributed by atoms with Gasteiger partial charge in [0.15, 0.2) is 5.65 Å². The molecule has 5 nitrogen and oxygen atoms in total. The number of rotatable bonds is 3. The second-order valence-corrected chi connectivity index (χ2v) is 7.00. The highest BCUT2D eigenvalue weighted by Crippen LogP contribution is 2.42. The number of amides is 1. The van der Waals surface area contributed by atoms with Gasteiger partial charge in [-0.05, 0) is 49.6 Å². The third-order valence-corrected chi connectivity index (χ3v) is 5.25. The lowest BCUT2D eigenvalue weighted by molar-refractivity contribution is 0.0788. The molecule has 0 spiro atoms. The van der Waals surface area contributed by atoms with Gasteiger partial charge in [-0.3, -0.25) is 4.79 Å². The second-order valence-electron chi connectivity index (χ2n) is 7.00. The van der Waals surface area contributed by atoms with Crippen LogP contribution in [-0.4, -0.2) is 33.9 Å². The van der Waals surface area contributed by atoms with E-state index in [1.54, 1.807) is 12.5 Å². The summed E-state index contributed by atoms with van der Waals surface area (Å²) < 4.78 is 5.56. The van der Waals surface area contributed by atoms with Crippen LogP contribution in [0.25, 0.3) is 11.0 Å². The number of nitrogens with zero attached hydrogens (tertiary/aromatic N) is 3. The molecule has 1 unspecified atom stereocenters. The maximum absolute atomic E-state index is 12.9. The SMILES string of the molecule is O=C(c1ccoc1C1CC1)N1CCC(c2ccc3cccnc3n2)C1. The summed E-state index contributed by atoms with van der Waals surface area (Å²) in [6, 6.07) is 9.89. The molecule has 1 atom stereocenters. The molecule has 5 heteroatoms. The molecule has 0 aromatic carbocycles. The minimum absolute atomic E-state index is 0.0945. The Balaban J connectivity index is 1.36. The van der Waals surface area contributed by atoms with Crippen molar-refractivity contribution >= 4 is 16.9 Å². The molecule has 0 radical (unpaired) electrons. The van der Waals surface area contributed by atoms with Gasteiger partial charge >= 0.3 is 0 Å². The van der Waals surface area contributed by atoms with Gasteiger partial charge in [0.1, 0.15) is 5.76 Å². The standard InChI is InChI=1S/C20H19N3O2/c24-20(16-8-11-25-18(16)13-3-4-13)23-10-7-15(12-23)17-6-5-14-2-1-9-21-19(14)22-17/h1-2,5-6,8-9,11,13,15H,3-4,7,10,12H2. The molecule has 2 aliphatic rings. The van der Waals surface area contributed by atoms with E-state index in [9.17, 15) is 4.79 Å². The predicted molar refractivity (Wildman–Crippen MR) is 93.5 cm³/mol. The molecule has 1 saturated carbocycles. The van der Waals surface area contributed by atoms with Gasteiger partial charge in [-0.15, -0.1) is 0 Å². The molecule has 1 saturated heterocycles. The quantitative estimate of drug-likeness (QED) is 0.733. The number of likely N-dealkylation sites (tertiary alicyclic amines) is 1. The Morgan fingerprint density at radius 1 is 1.12 bits per heavy atom. The first-order valence-corrected chi connectivity index (χ1v) is 8.88. The Kier molecular flexibility index (Phi) is 3.33. The highest BCUT2D eigenvalue weighted by molar-refractivity contribution is 5.95. The number of pyridine rings is 2. The number of carbonyl (C=O) groups excluding carboxylic acids is 1. The van der Waals surface area contributed by atoms with E-state index in [-0.39, 0.29) is 11.8 Å². The largest absolute Gasteiger partial charge is 0.468 e. The summed E-state index contributed by atoms with van der Waals surface area (Å²) in [5.41, 5.74) is 2.54. The van der Waals surface area contributed by atoms with Gasteiger partial charge in [-0.1, -0.05) is 0 Å². The number of hydrogen-bond donors (Lipinski definition) is 0. The molecule has 1 aliphatic heterocycles. The normalized spacial score (nSPS) is 20.3. The van der Waals surface area contributed by atoms with Crippen molar-refractivity contribution in [3.8, 4) is 0 Å². The minimum Gasteiger partial charge on any atom is -0.468 e. The van der Waals surface area contributed by atoms with Crippen molar-refractivity contribution < 1.29 is 9.21 Å². The average Bonchev–Trinajstić information content (AvgIpc) is 3.19. The first-order chi connectivity index (χ1) is 12.3. The minimum atomic E-state index is 0.0945. The lowest BCUT2D eigenvalue weighted by Crippen LogP contribution is -2.28. The Labute approximate surface area is 145 Å². The molecule has 25 heavy (non-hydrogen) atoms. The summed E-state index contributed by atoms with van der Waals surface area (Å²) in [4.78, 5) is 23.9.